The van der Waals surface area contributed by atoms with Crippen LogP contribution in [0.2, 0.25) is 5.02 Å². The number of amides is 1. The van der Waals surface area contributed by atoms with Crippen LogP contribution in [-0.2, 0) is 6.42 Å². The molecule has 0 saturated carbocycles. The predicted molar refractivity (Wildman–Crippen MR) is 109 cm³/mol. The highest BCUT2D eigenvalue weighted by Gasteiger charge is 2.17. The molecule has 1 atom stereocenters. The average Bonchev–Trinajstić information content (AvgIpc) is 3.16. The molecule has 3 aromatic rings. The van der Waals surface area contributed by atoms with Gasteiger partial charge in [-0.3, -0.25) is 4.79 Å². The lowest BCUT2D eigenvalue weighted by Gasteiger charge is -2.24. The summed E-state index contributed by atoms with van der Waals surface area (Å²) in [6.45, 7) is 0.531. The Morgan fingerprint density at radius 2 is 1.74 bits per heavy atom. The zero-order valence-electron chi connectivity index (χ0n) is 15.5. The van der Waals surface area contributed by atoms with Crippen LogP contribution in [0.5, 0.6) is 0 Å². The van der Waals surface area contributed by atoms with E-state index in [1.165, 1.54) is 5.56 Å². The Bertz CT molecular complexity index is 890. The number of nitrogens with one attached hydrogen (secondary N) is 1. The molecule has 27 heavy (non-hydrogen) atoms. The average molecular weight is 383 g/mol. The lowest BCUT2D eigenvalue weighted by molar-refractivity contribution is 0.0915. The summed E-state index contributed by atoms with van der Waals surface area (Å²) in [5.74, 6) is 0.634. The van der Waals surface area contributed by atoms with Gasteiger partial charge in [0.05, 0.1) is 5.02 Å². The fourth-order valence-electron chi connectivity index (χ4n) is 2.89. The normalized spacial score (nSPS) is 12.1. The van der Waals surface area contributed by atoms with Crippen LogP contribution in [0.15, 0.2) is 71.1 Å². The Labute approximate surface area is 164 Å². The summed E-state index contributed by atoms with van der Waals surface area (Å²) in [6.07, 6.45) is 0.858. The van der Waals surface area contributed by atoms with E-state index in [0.717, 1.165) is 12.0 Å². The second-order valence-electron chi connectivity index (χ2n) is 6.66. The molecule has 3 rings (SSSR count). The summed E-state index contributed by atoms with van der Waals surface area (Å²) >= 11 is 6.20. The zero-order valence-corrected chi connectivity index (χ0v) is 16.2. The van der Waals surface area contributed by atoms with Crippen molar-refractivity contribution in [1.82, 2.24) is 10.2 Å². The number of benzene rings is 2. The number of halogens is 1. The van der Waals surface area contributed by atoms with Crippen LogP contribution in [0.25, 0.3) is 11.3 Å². The SMILES string of the molecule is CN(C)C(CNC(=O)c1ccc(-c2ccccc2Cl)o1)Cc1ccccc1. The van der Waals surface area contributed by atoms with Gasteiger partial charge in [0.1, 0.15) is 5.76 Å². The van der Waals surface area contributed by atoms with E-state index in [0.29, 0.717) is 17.3 Å². The topological polar surface area (TPSA) is 45.5 Å². The van der Waals surface area contributed by atoms with E-state index in [1.807, 2.05) is 50.5 Å². The number of likely N-dealkylation sites (N-methyl/N-ethyl adjacent to an activating group) is 1. The molecule has 0 fully saturated rings. The van der Waals surface area contributed by atoms with Crippen molar-refractivity contribution >= 4 is 17.5 Å². The number of furan rings is 1. The van der Waals surface area contributed by atoms with Gasteiger partial charge in [0, 0.05) is 18.2 Å². The van der Waals surface area contributed by atoms with Crippen molar-refractivity contribution < 1.29 is 9.21 Å². The lowest BCUT2D eigenvalue weighted by Crippen LogP contribution is -2.41. The smallest absolute Gasteiger partial charge is 0.287 e. The van der Waals surface area contributed by atoms with Crippen molar-refractivity contribution in [1.29, 1.82) is 0 Å². The largest absolute Gasteiger partial charge is 0.451 e. The molecule has 0 aliphatic rings. The molecule has 1 heterocycles. The lowest BCUT2D eigenvalue weighted by atomic mass is 10.1. The van der Waals surface area contributed by atoms with Crippen LogP contribution in [0.3, 0.4) is 0 Å². The molecule has 1 aromatic heterocycles. The van der Waals surface area contributed by atoms with Crippen LogP contribution in [0, 0.1) is 0 Å². The van der Waals surface area contributed by atoms with Gasteiger partial charge in [0.15, 0.2) is 5.76 Å². The van der Waals surface area contributed by atoms with Gasteiger partial charge in [0.25, 0.3) is 5.91 Å². The minimum Gasteiger partial charge on any atom is -0.451 e. The van der Waals surface area contributed by atoms with E-state index in [9.17, 15) is 4.79 Å². The van der Waals surface area contributed by atoms with Gasteiger partial charge in [-0.15, -0.1) is 0 Å². The standard InChI is InChI=1S/C22H23ClN2O2/c1-25(2)17(14-16-8-4-3-5-9-16)15-24-22(26)21-13-12-20(27-21)18-10-6-7-11-19(18)23/h3-13,17H,14-15H2,1-2H3,(H,24,26). The molecule has 5 heteroatoms. The first-order chi connectivity index (χ1) is 13.0. The number of rotatable bonds is 7. The van der Waals surface area contributed by atoms with Crippen LogP contribution in [0.4, 0.5) is 0 Å². The fourth-order valence-corrected chi connectivity index (χ4v) is 3.12. The number of carbonyl (C=O) groups is 1. The second kappa shape index (κ2) is 8.89. The van der Waals surface area contributed by atoms with Crippen LogP contribution in [-0.4, -0.2) is 37.5 Å². The maximum Gasteiger partial charge on any atom is 0.287 e. The number of carbonyl (C=O) groups excluding carboxylic acids is 1. The maximum absolute atomic E-state index is 12.5. The first-order valence-electron chi connectivity index (χ1n) is 8.88. The molecule has 0 aliphatic heterocycles. The molecule has 140 valence electrons. The molecule has 0 bridgehead atoms. The summed E-state index contributed by atoms with van der Waals surface area (Å²) in [6, 6.07) is 21.3. The molecule has 0 saturated heterocycles. The van der Waals surface area contributed by atoms with E-state index >= 15 is 0 Å². The first kappa shape index (κ1) is 19.2. The molecule has 0 radical (unpaired) electrons. The number of hydrogen-bond donors (Lipinski definition) is 1. The van der Waals surface area contributed by atoms with Crippen molar-refractivity contribution in [2.45, 2.75) is 12.5 Å². The van der Waals surface area contributed by atoms with Crippen molar-refractivity contribution in [2.75, 3.05) is 20.6 Å². The molecule has 1 N–H and O–H groups in total. The Morgan fingerprint density at radius 3 is 2.44 bits per heavy atom. The van der Waals surface area contributed by atoms with Gasteiger partial charge in [-0.2, -0.15) is 0 Å². The van der Waals surface area contributed by atoms with Crippen molar-refractivity contribution in [3.05, 3.63) is 83.1 Å². The number of nitrogens with zero attached hydrogens (tertiary/aromatic N) is 1. The Hall–Kier alpha value is -2.56. The Balaban J connectivity index is 1.64. The van der Waals surface area contributed by atoms with E-state index in [-0.39, 0.29) is 17.7 Å². The minimum absolute atomic E-state index is 0.189. The van der Waals surface area contributed by atoms with E-state index in [4.69, 9.17) is 16.0 Å². The van der Waals surface area contributed by atoms with Gasteiger partial charge in [-0.25, -0.2) is 0 Å². The van der Waals surface area contributed by atoms with Gasteiger partial charge < -0.3 is 14.6 Å². The molecule has 4 nitrogen and oxygen atoms in total. The third-order valence-electron chi connectivity index (χ3n) is 4.51. The summed E-state index contributed by atoms with van der Waals surface area (Å²) in [5.41, 5.74) is 2.01. The van der Waals surface area contributed by atoms with Gasteiger partial charge in [-0.05, 0) is 50.3 Å². The molecule has 0 spiro atoms. The Morgan fingerprint density at radius 1 is 1.04 bits per heavy atom. The number of hydrogen-bond acceptors (Lipinski definition) is 3. The van der Waals surface area contributed by atoms with Crippen molar-refractivity contribution in [3.63, 3.8) is 0 Å². The minimum atomic E-state index is -0.229. The highest BCUT2D eigenvalue weighted by Crippen LogP contribution is 2.28. The second-order valence-corrected chi connectivity index (χ2v) is 7.07. The summed E-state index contributed by atoms with van der Waals surface area (Å²) in [7, 11) is 4.03. The van der Waals surface area contributed by atoms with E-state index in [1.54, 1.807) is 18.2 Å². The molecular weight excluding hydrogens is 360 g/mol. The zero-order chi connectivity index (χ0) is 19.2. The highest BCUT2D eigenvalue weighted by molar-refractivity contribution is 6.33. The van der Waals surface area contributed by atoms with Gasteiger partial charge >= 0.3 is 0 Å². The predicted octanol–water partition coefficient (Wildman–Crippen LogP) is 4.50. The van der Waals surface area contributed by atoms with Gasteiger partial charge in [-0.1, -0.05) is 54.1 Å². The van der Waals surface area contributed by atoms with Crippen LogP contribution >= 0.6 is 11.6 Å². The summed E-state index contributed by atoms with van der Waals surface area (Å²) in [4.78, 5) is 14.6. The molecular formula is C22H23ClN2O2. The molecule has 1 amide bonds. The van der Waals surface area contributed by atoms with Crippen LogP contribution < -0.4 is 5.32 Å². The quantitative estimate of drug-likeness (QED) is 0.654. The first-order valence-corrected chi connectivity index (χ1v) is 9.25. The van der Waals surface area contributed by atoms with Crippen molar-refractivity contribution in [3.8, 4) is 11.3 Å². The van der Waals surface area contributed by atoms with Gasteiger partial charge in [0.2, 0.25) is 0 Å². The monoisotopic (exact) mass is 382 g/mol. The fraction of sp³-hybridized carbons (Fsp3) is 0.227. The van der Waals surface area contributed by atoms with E-state index in [2.05, 4.69) is 22.3 Å². The third kappa shape index (κ3) is 5.00. The van der Waals surface area contributed by atoms with Crippen molar-refractivity contribution in [2.24, 2.45) is 0 Å². The highest BCUT2D eigenvalue weighted by atomic mass is 35.5. The molecule has 1 unspecified atom stereocenters. The molecule has 0 aliphatic carbocycles. The van der Waals surface area contributed by atoms with E-state index < -0.39 is 0 Å². The maximum atomic E-state index is 12.5. The van der Waals surface area contributed by atoms with Crippen LogP contribution in [0.1, 0.15) is 16.1 Å². The summed E-state index contributed by atoms with van der Waals surface area (Å²) < 4.78 is 5.71. The Kier molecular flexibility index (Phi) is 6.32. The third-order valence-corrected chi connectivity index (χ3v) is 4.84. The summed E-state index contributed by atoms with van der Waals surface area (Å²) in [5, 5.41) is 3.56. The molecule has 2 aromatic carbocycles.